The fourth-order valence-corrected chi connectivity index (χ4v) is 2.91. The van der Waals surface area contributed by atoms with Crippen LogP contribution in [0, 0.1) is 0 Å². The maximum absolute atomic E-state index is 13.0. The normalized spacial score (nSPS) is 16.1. The number of rotatable bonds is 4. The first kappa shape index (κ1) is 19.7. The third kappa shape index (κ3) is 4.11. The first-order valence-corrected chi connectivity index (χ1v) is 8.83. The molecule has 0 spiro atoms. The van der Waals surface area contributed by atoms with E-state index in [2.05, 4.69) is 5.32 Å². The molecule has 0 saturated carbocycles. The smallest absolute Gasteiger partial charge is 0.416 e. The largest absolute Gasteiger partial charge is 0.477 e. The van der Waals surface area contributed by atoms with Gasteiger partial charge < -0.3 is 15.0 Å². The summed E-state index contributed by atoms with van der Waals surface area (Å²) in [5.74, 6) is -0.681. The second-order valence-electron chi connectivity index (χ2n) is 6.36. The lowest BCUT2D eigenvalue weighted by atomic mass is 10.1. The minimum atomic E-state index is -4.55. The molecule has 8 heteroatoms. The topological polar surface area (TPSA) is 58.6 Å². The number of nitrogens with zero attached hydrogens (tertiary/aromatic N) is 1. The van der Waals surface area contributed by atoms with Crippen LogP contribution >= 0.6 is 0 Å². The predicted octanol–water partition coefficient (Wildman–Crippen LogP) is 3.64. The van der Waals surface area contributed by atoms with Crippen molar-refractivity contribution in [1.82, 2.24) is 5.32 Å². The van der Waals surface area contributed by atoms with Gasteiger partial charge in [-0.15, -0.1) is 0 Å². The van der Waals surface area contributed by atoms with Crippen LogP contribution in [-0.2, 0) is 11.0 Å². The lowest BCUT2D eigenvalue weighted by Crippen LogP contribution is -2.50. The Morgan fingerprint density at radius 3 is 2.64 bits per heavy atom. The van der Waals surface area contributed by atoms with Crippen LogP contribution in [0.15, 0.2) is 48.5 Å². The van der Waals surface area contributed by atoms with E-state index in [4.69, 9.17) is 4.74 Å². The molecule has 2 aromatic rings. The van der Waals surface area contributed by atoms with E-state index in [-0.39, 0.29) is 18.0 Å². The highest BCUT2D eigenvalue weighted by Crippen LogP contribution is 2.35. The molecule has 5 nitrogen and oxygen atoms in total. The fraction of sp³-hybridized carbons (Fsp3) is 0.300. The highest BCUT2D eigenvalue weighted by Gasteiger charge is 2.35. The zero-order valence-corrected chi connectivity index (χ0v) is 15.1. The Kier molecular flexibility index (Phi) is 5.58. The van der Waals surface area contributed by atoms with Crippen molar-refractivity contribution in [3.05, 3.63) is 59.7 Å². The minimum Gasteiger partial charge on any atom is -0.477 e. The van der Waals surface area contributed by atoms with Crippen molar-refractivity contribution < 1.29 is 27.5 Å². The molecule has 2 amide bonds. The van der Waals surface area contributed by atoms with E-state index in [0.717, 1.165) is 18.6 Å². The number of hydrogen-bond acceptors (Lipinski definition) is 3. The summed E-state index contributed by atoms with van der Waals surface area (Å²) in [5, 5.41) is 2.71. The molecule has 0 aromatic heterocycles. The molecule has 0 unspecified atom stereocenters. The third-order valence-corrected chi connectivity index (χ3v) is 4.30. The summed E-state index contributed by atoms with van der Waals surface area (Å²) in [7, 11) is 0. The summed E-state index contributed by atoms with van der Waals surface area (Å²) in [6, 6.07) is 10.8. The van der Waals surface area contributed by atoms with Crippen molar-refractivity contribution in [3.8, 4) is 5.75 Å². The third-order valence-electron chi connectivity index (χ3n) is 4.30. The van der Waals surface area contributed by atoms with Gasteiger partial charge in [0.05, 0.1) is 17.8 Å². The number of alkyl halides is 3. The Hall–Kier alpha value is -3.03. The Morgan fingerprint density at radius 1 is 1.18 bits per heavy atom. The van der Waals surface area contributed by atoms with Crippen molar-refractivity contribution in [3.63, 3.8) is 0 Å². The van der Waals surface area contributed by atoms with Gasteiger partial charge in [-0.25, -0.2) is 0 Å². The number of benzene rings is 2. The number of anilines is 1. The number of halogens is 3. The highest BCUT2D eigenvalue weighted by molar-refractivity contribution is 6.08. The Bertz CT molecular complexity index is 883. The van der Waals surface area contributed by atoms with Gasteiger partial charge in [0, 0.05) is 12.1 Å². The van der Waals surface area contributed by atoms with Gasteiger partial charge in [0.25, 0.3) is 11.8 Å². The molecule has 0 radical (unpaired) electrons. The molecule has 1 aliphatic heterocycles. The van der Waals surface area contributed by atoms with E-state index in [1.807, 2.05) is 6.92 Å². The lowest BCUT2D eigenvalue weighted by molar-refractivity contribution is -0.137. The monoisotopic (exact) mass is 392 g/mol. The van der Waals surface area contributed by atoms with Gasteiger partial charge in [-0.05, 0) is 36.8 Å². The number of fused-ring (bicyclic) bond motifs is 1. The Balaban J connectivity index is 1.93. The summed E-state index contributed by atoms with van der Waals surface area (Å²) in [5.41, 5.74) is -0.610. The van der Waals surface area contributed by atoms with Gasteiger partial charge >= 0.3 is 6.18 Å². The maximum atomic E-state index is 13.0. The molecule has 1 N–H and O–H groups in total. The number of carbonyl (C=O) groups is 2. The first-order valence-electron chi connectivity index (χ1n) is 8.83. The fourth-order valence-electron chi connectivity index (χ4n) is 2.91. The number of ether oxygens (including phenoxy) is 1. The van der Waals surface area contributed by atoms with Crippen LogP contribution in [0.25, 0.3) is 0 Å². The maximum Gasteiger partial charge on any atom is 0.416 e. The van der Waals surface area contributed by atoms with Crippen molar-refractivity contribution in [2.75, 3.05) is 18.0 Å². The van der Waals surface area contributed by atoms with E-state index in [1.165, 1.54) is 17.0 Å². The van der Waals surface area contributed by atoms with E-state index in [1.54, 1.807) is 24.3 Å². The molecule has 1 aliphatic rings. The molecule has 1 atom stereocenters. The summed E-state index contributed by atoms with van der Waals surface area (Å²) >= 11 is 0. The summed E-state index contributed by atoms with van der Waals surface area (Å²) in [4.78, 5) is 26.6. The number of nitrogens with one attached hydrogen (secondary N) is 1. The van der Waals surface area contributed by atoms with Crippen LogP contribution in [-0.4, -0.2) is 31.0 Å². The SMILES string of the molecule is CCCNC(=O)[C@H]1CN(C(=O)c2cccc(C(F)(F)F)c2)c2ccccc2O1. The van der Waals surface area contributed by atoms with Gasteiger partial charge in [-0.3, -0.25) is 9.59 Å². The van der Waals surface area contributed by atoms with Gasteiger partial charge in [-0.2, -0.15) is 13.2 Å². The van der Waals surface area contributed by atoms with Crippen molar-refractivity contribution in [2.24, 2.45) is 0 Å². The molecule has 2 aromatic carbocycles. The first-order chi connectivity index (χ1) is 13.3. The molecule has 1 heterocycles. The number of hydrogen-bond donors (Lipinski definition) is 1. The highest BCUT2D eigenvalue weighted by atomic mass is 19.4. The van der Waals surface area contributed by atoms with Crippen molar-refractivity contribution in [2.45, 2.75) is 25.6 Å². The second kappa shape index (κ2) is 7.92. The molecule has 0 fully saturated rings. The predicted molar refractivity (Wildman–Crippen MR) is 97.3 cm³/mol. The van der Waals surface area contributed by atoms with Crippen LogP contribution in [0.5, 0.6) is 5.75 Å². The molecular weight excluding hydrogens is 373 g/mol. The number of carbonyl (C=O) groups excluding carboxylic acids is 2. The molecule has 0 aliphatic carbocycles. The van der Waals surface area contributed by atoms with Crippen molar-refractivity contribution in [1.29, 1.82) is 0 Å². The van der Waals surface area contributed by atoms with Crippen LogP contribution in [0.1, 0.15) is 29.3 Å². The van der Waals surface area contributed by atoms with E-state index in [0.29, 0.717) is 18.0 Å². The van der Waals surface area contributed by atoms with E-state index < -0.39 is 23.8 Å². The van der Waals surface area contributed by atoms with Gasteiger partial charge in [0.1, 0.15) is 5.75 Å². The average Bonchev–Trinajstić information content (AvgIpc) is 2.70. The molecular formula is C20H19F3N2O3. The molecule has 148 valence electrons. The zero-order chi connectivity index (χ0) is 20.3. The zero-order valence-electron chi connectivity index (χ0n) is 15.1. The minimum absolute atomic E-state index is 0.0956. The summed E-state index contributed by atoms with van der Waals surface area (Å²) < 4.78 is 44.7. The summed E-state index contributed by atoms with van der Waals surface area (Å²) in [6.07, 6.45) is -4.76. The van der Waals surface area contributed by atoms with Gasteiger partial charge in [0.15, 0.2) is 6.10 Å². The van der Waals surface area contributed by atoms with E-state index >= 15 is 0 Å². The Morgan fingerprint density at radius 2 is 1.93 bits per heavy atom. The number of para-hydroxylation sites is 2. The van der Waals surface area contributed by atoms with E-state index in [9.17, 15) is 22.8 Å². The number of amides is 2. The average molecular weight is 392 g/mol. The molecule has 3 rings (SSSR count). The quantitative estimate of drug-likeness (QED) is 0.864. The molecule has 28 heavy (non-hydrogen) atoms. The standard InChI is InChI=1S/C20H19F3N2O3/c1-2-10-24-18(26)17-12-25(15-8-3-4-9-16(15)28-17)19(27)13-6-5-7-14(11-13)20(21,22)23/h3-9,11,17H,2,10,12H2,1H3,(H,24,26)/t17-/m1/s1. The summed E-state index contributed by atoms with van der Waals surface area (Å²) in [6.45, 7) is 2.27. The van der Waals surface area contributed by atoms with Gasteiger partial charge in [0.2, 0.25) is 0 Å². The Labute approximate surface area is 160 Å². The molecule has 0 saturated heterocycles. The van der Waals surface area contributed by atoms with Crippen molar-refractivity contribution >= 4 is 17.5 Å². The van der Waals surface area contributed by atoms with Crippen LogP contribution in [0.2, 0.25) is 0 Å². The van der Waals surface area contributed by atoms with Crippen LogP contribution in [0.3, 0.4) is 0 Å². The lowest BCUT2D eigenvalue weighted by Gasteiger charge is -2.34. The van der Waals surface area contributed by atoms with Crippen LogP contribution in [0.4, 0.5) is 18.9 Å². The molecule has 0 bridgehead atoms. The second-order valence-corrected chi connectivity index (χ2v) is 6.36. The van der Waals surface area contributed by atoms with Crippen LogP contribution < -0.4 is 15.0 Å². The van der Waals surface area contributed by atoms with Gasteiger partial charge in [-0.1, -0.05) is 25.1 Å².